The minimum absolute atomic E-state index is 0.0492. The average Bonchev–Trinajstić information content (AvgIpc) is 2.26. The quantitative estimate of drug-likeness (QED) is 0.860. The van der Waals surface area contributed by atoms with Crippen LogP contribution in [-0.4, -0.2) is 17.7 Å². The lowest BCUT2D eigenvalue weighted by Crippen LogP contribution is -2.37. The molecule has 17 heavy (non-hydrogen) atoms. The van der Waals surface area contributed by atoms with E-state index < -0.39 is 17.4 Å². The van der Waals surface area contributed by atoms with Crippen LogP contribution in [-0.2, 0) is 15.1 Å². The highest BCUT2D eigenvalue weighted by molar-refractivity contribution is 5.79. The van der Waals surface area contributed by atoms with E-state index in [1.165, 1.54) is 25.1 Å². The maximum Gasteiger partial charge on any atom is 0.340 e. The molecule has 3 nitrogen and oxygen atoms in total. The number of benzene rings is 1. The highest BCUT2D eigenvalue weighted by Crippen LogP contribution is 2.28. The molecule has 1 N–H and O–H groups in total. The second-order valence-electron chi connectivity index (χ2n) is 4.52. The Balaban J connectivity index is 3.08. The summed E-state index contributed by atoms with van der Waals surface area (Å²) >= 11 is 0. The first kappa shape index (κ1) is 13.6. The van der Waals surface area contributed by atoms with Gasteiger partial charge in [0, 0.05) is 5.56 Å². The van der Waals surface area contributed by atoms with E-state index >= 15 is 0 Å². The number of halogens is 1. The molecule has 0 saturated heterocycles. The van der Waals surface area contributed by atoms with Gasteiger partial charge in [0.25, 0.3) is 0 Å². The van der Waals surface area contributed by atoms with Crippen molar-refractivity contribution in [3.8, 4) is 0 Å². The lowest BCUT2D eigenvalue weighted by atomic mass is 9.95. The zero-order chi connectivity index (χ0) is 13.1. The molecule has 0 aliphatic heterocycles. The van der Waals surface area contributed by atoms with E-state index in [4.69, 9.17) is 4.74 Å². The molecule has 0 radical (unpaired) electrons. The van der Waals surface area contributed by atoms with E-state index in [1.54, 1.807) is 6.07 Å². The lowest BCUT2D eigenvalue weighted by molar-refractivity contribution is -0.167. The van der Waals surface area contributed by atoms with Crippen LogP contribution in [0.25, 0.3) is 0 Å². The van der Waals surface area contributed by atoms with E-state index in [9.17, 15) is 14.3 Å². The first-order valence-electron chi connectivity index (χ1n) is 5.50. The summed E-state index contributed by atoms with van der Waals surface area (Å²) < 4.78 is 19.0. The normalized spacial score (nSPS) is 14.6. The number of hydrogen-bond acceptors (Lipinski definition) is 2. The third-order valence-electron chi connectivity index (χ3n) is 2.50. The maximum atomic E-state index is 13.6. The molecule has 1 aromatic rings. The van der Waals surface area contributed by atoms with Gasteiger partial charge in [0.2, 0.25) is 0 Å². The summed E-state index contributed by atoms with van der Waals surface area (Å²) in [7, 11) is 0. The highest BCUT2D eigenvalue weighted by Gasteiger charge is 2.38. The number of rotatable bonds is 5. The topological polar surface area (TPSA) is 46.5 Å². The molecule has 1 unspecified atom stereocenters. The van der Waals surface area contributed by atoms with Crippen molar-refractivity contribution in [1.29, 1.82) is 0 Å². The van der Waals surface area contributed by atoms with E-state index in [-0.39, 0.29) is 18.1 Å². The van der Waals surface area contributed by atoms with Crippen LogP contribution in [0.15, 0.2) is 24.3 Å². The van der Waals surface area contributed by atoms with Crippen LogP contribution < -0.4 is 0 Å². The van der Waals surface area contributed by atoms with Gasteiger partial charge in [-0.2, -0.15) is 0 Å². The average molecular weight is 240 g/mol. The molecule has 1 rings (SSSR count). The minimum Gasteiger partial charge on any atom is -0.479 e. The molecule has 0 bridgehead atoms. The number of hydrogen-bond donors (Lipinski definition) is 1. The Kier molecular flexibility index (Phi) is 4.23. The third kappa shape index (κ3) is 3.03. The van der Waals surface area contributed by atoms with Crippen molar-refractivity contribution in [2.75, 3.05) is 6.61 Å². The Hall–Kier alpha value is -1.42. The summed E-state index contributed by atoms with van der Waals surface area (Å²) in [5.41, 5.74) is -1.59. The Morgan fingerprint density at radius 2 is 2.06 bits per heavy atom. The fraction of sp³-hybridized carbons (Fsp3) is 0.462. The largest absolute Gasteiger partial charge is 0.479 e. The molecule has 0 heterocycles. The summed E-state index contributed by atoms with van der Waals surface area (Å²) in [6.07, 6.45) is 0. The van der Waals surface area contributed by atoms with E-state index in [2.05, 4.69) is 0 Å². The molecule has 1 aromatic carbocycles. The molecule has 4 heteroatoms. The summed E-state index contributed by atoms with van der Waals surface area (Å²) in [5, 5.41) is 9.23. The molecule has 0 amide bonds. The van der Waals surface area contributed by atoms with Crippen LogP contribution in [0, 0.1) is 11.7 Å². The van der Waals surface area contributed by atoms with Gasteiger partial charge in [0.05, 0.1) is 6.61 Å². The molecule has 94 valence electrons. The van der Waals surface area contributed by atoms with Crippen LogP contribution in [0.4, 0.5) is 4.39 Å². The molecular formula is C13H17FO3. The smallest absolute Gasteiger partial charge is 0.340 e. The summed E-state index contributed by atoms with van der Waals surface area (Å²) in [5.74, 6) is -1.58. The maximum absolute atomic E-state index is 13.6. The fourth-order valence-electron chi connectivity index (χ4n) is 1.44. The van der Waals surface area contributed by atoms with Crippen molar-refractivity contribution in [3.05, 3.63) is 35.6 Å². The zero-order valence-electron chi connectivity index (χ0n) is 10.2. The van der Waals surface area contributed by atoms with Gasteiger partial charge < -0.3 is 9.84 Å². The number of aliphatic carboxylic acids is 1. The number of ether oxygens (including phenoxy) is 1. The first-order valence-corrected chi connectivity index (χ1v) is 5.50. The molecule has 0 saturated carbocycles. The van der Waals surface area contributed by atoms with Crippen molar-refractivity contribution in [1.82, 2.24) is 0 Å². The molecule has 0 fully saturated rings. The van der Waals surface area contributed by atoms with Crippen molar-refractivity contribution in [2.24, 2.45) is 5.92 Å². The van der Waals surface area contributed by atoms with Gasteiger partial charge in [-0.1, -0.05) is 32.0 Å². The predicted octanol–water partition coefficient (Wildman–Crippen LogP) is 2.80. The molecule has 0 aliphatic carbocycles. The standard InChI is InChI=1S/C13H17FO3/c1-9(2)8-17-13(3,12(15)16)10-6-4-5-7-11(10)14/h4-7,9H,8H2,1-3H3,(H,15,16). The Bertz CT molecular complexity index is 403. The molecular weight excluding hydrogens is 223 g/mol. The van der Waals surface area contributed by atoms with Crippen LogP contribution in [0.5, 0.6) is 0 Å². The molecule has 0 spiro atoms. The van der Waals surface area contributed by atoms with Crippen molar-refractivity contribution in [3.63, 3.8) is 0 Å². The van der Waals surface area contributed by atoms with Crippen LogP contribution in [0.3, 0.4) is 0 Å². The number of carboxylic acids is 1. The Morgan fingerprint density at radius 3 is 2.53 bits per heavy atom. The number of carboxylic acid groups (broad SMARTS) is 1. The summed E-state index contributed by atoms with van der Waals surface area (Å²) in [6, 6.07) is 5.78. The second kappa shape index (κ2) is 5.27. The van der Waals surface area contributed by atoms with Gasteiger partial charge in [-0.15, -0.1) is 0 Å². The molecule has 0 aliphatic rings. The predicted molar refractivity (Wildman–Crippen MR) is 62.2 cm³/mol. The summed E-state index contributed by atoms with van der Waals surface area (Å²) in [4.78, 5) is 11.3. The van der Waals surface area contributed by atoms with Crippen LogP contribution in [0.2, 0.25) is 0 Å². The van der Waals surface area contributed by atoms with Crippen LogP contribution >= 0.6 is 0 Å². The van der Waals surface area contributed by atoms with E-state index in [0.29, 0.717) is 0 Å². The van der Waals surface area contributed by atoms with Crippen molar-refractivity contribution in [2.45, 2.75) is 26.4 Å². The summed E-state index contributed by atoms with van der Waals surface area (Å²) in [6.45, 7) is 5.44. The lowest BCUT2D eigenvalue weighted by Gasteiger charge is -2.27. The van der Waals surface area contributed by atoms with Crippen molar-refractivity contribution < 1.29 is 19.0 Å². The van der Waals surface area contributed by atoms with Gasteiger partial charge in [0.15, 0.2) is 5.60 Å². The zero-order valence-corrected chi connectivity index (χ0v) is 10.2. The Morgan fingerprint density at radius 1 is 1.47 bits per heavy atom. The SMILES string of the molecule is CC(C)COC(C)(C(=O)O)c1ccccc1F. The second-order valence-corrected chi connectivity index (χ2v) is 4.52. The van der Waals surface area contributed by atoms with E-state index in [1.807, 2.05) is 13.8 Å². The molecule has 1 atom stereocenters. The van der Waals surface area contributed by atoms with E-state index in [0.717, 1.165) is 0 Å². The van der Waals surface area contributed by atoms with Gasteiger partial charge in [-0.3, -0.25) is 0 Å². The van der Waals surface area contributed by atoms with Gasteiger partial charge in [0.1, 0.15) is 5.82 Å². The van der Waals surface area contributed by atoms with Gasteiger partial charge >= 0.3 is 5.97 Å². The van der Waals surface area contributed by atoms with Crippen LogP contribution in [0.1, 0.15) is 26.3 Å². The first-order chi connectivity index (χ1) is 7.88. The van der Waals surface area contributed by atoms with Gasteiger partial charge in [-0.05, 0) is 18.9 Å². The highest BCUT2D eigenvalue weighted by atomic mass is 19.1. The molecule has 0 aromatic heterocycles. The monoisotopic (exact) mass is 240 g/mol. The third-order valence-corrected chi connectivity index (χ3v) is 2.50. The minimum atomic E-state index is -1.64. The Labute approximate surface area is 100 Å². The van der Waals surface area contributed by atoms with Gasteiger partial charge in [-0.25, -0.2) is 9.18 Å². The number of carbonyl (C=O) groups is 1. The fourth-order valence-corrected chi connectivity index (χ4v) is 1.44. The van der Waals surface area contributed by atoms with Crippen molar-refractivity contribution >= 4 is 5.97 Å².